The summed E-state index contributed by atoms with van der Waals surface area (Å²) in [6.07, 6.45) is -0.136. The van der Waals surface area contributed by atoms with Crippen molar-refractivity contribution in [1.29, 1.82) is 0 Å². The zero-order valence-electron chi connectivity index (χ0n) is 12.0. The van der Waals surface area contributed by atoms with Gasteiger partial charge < -0.3 is 21.1 Å². The van der Waals surface area contributed by atoms with Gasteiger partial charge in [-0.1, -0.05) is 0 Å². The van der Waals surface area contributed by atoms with Gasteiger partial charge in [0.1, 0.15) is 6.04 Å². The molecule has 0 aliphatic rings. The molecule has 0 saturated heterocycles. The van der Waals surface area contributed by atoms with E-state index in [0.29, 0.717) is 5.56 Å². The highest BCUT2D eigenvalue weighted by atomic mass is 16.4. The number of carboxylic acids is 1. The first-order chi connectivity index (χ1) is 9.81. The topological polar surface area (TPSA) is 113 Å². The van der Waals surface area contributed by atoms with Crippen molar-refractivity contribution >= 4 is 23.5 Å². The lowest BCUT2D eigenvalue weighted by Crippen LogP contribution is -2.41. The third kappa shape index (κ3) is 5.13. The van der Waals surface area contributed by atoms with Gasteiger partial charge in [-0.2, -0.15) is 0 Å². The second-order valence-corrected chi connectivity index (χ2v) is 4.81. The number of benzene rings is 1. The molecule has 4 N–H and O–H groups in total. The van der Waals surface area contributed by atoms with Crippen LogP contribution in [0.5, 0.6) is 0 Å². The molecule has 1 aromatic rings. The number of primary amides is 1. The Morgan fingerprint density at radius 3 is 2.24 bits per heavy atom. The van der Waals surface area contributed by atoms with E-state index < -0.39 is 23.8 Å². The van der Waals surface area contributed by atoms with Crippen LogP contribution in [-0.2, 0) is 9.59 Å². The zero-order chi connectivity index (χ0) is 16.0. The Balaban J connectivity index is 2.72. The Morgan fingerprint density at radius 2 is 1.81 bits per heavy atom. The molecule has 0 radical (unpaired) electrons. The summed E-state index contributed by atoms with van der Waals surface area (Å²) in [6.45, 7) is 0. The molecule has 0 aliphatic heterocycles. The molecule has 7 heteroatoms. The average Bonchev–Trinajstić information content (AvgIpc) is 2.42. The van der Waals surface area contributed by atoms with E-state index in [4.69, 9.17) is 10.8 Å². The van der Waals surface area contributed by atoms with Gasteiger partial charge in [0.15, 0.2) is 0 Å². The van der Waals surface area contributed by atoms with Crippen molar-refractivity contribution in [3.8, 4) is 0 Å². The van der Waals surface area contributed by atoms with Gasteiger partial charge in [-0.3, -0.25) is 9.59 Å². The molecule has 0 unspecified atom stereocenters. The highest BCUT2D eigenvalue weighted by Gasteiger charge is 2.21. The largest absolute Gasteiger partial charge is 0.480 e. The fourth-order valence-corrected chi connectivity index (χ4v) is 1.70. The van der Waals surface area contributed by atoms with Gasteiger partial charge in [0.25, 0.3) is 5.91 Å². The molecule has 1 atom stereocenters. The minimum absolute atomic E-state index is 0.0355. The smallest absolute Gasteiger partial charge is 0.326 e. The van der Waals surface area contributed by atoms with Crippen molar-refractivity contribution in [2.45, 2.75) is 18.9 Å². The highest BCUT2D eigenvalue weighted by molar-refractivity contribution is 5.97. The van der Waals surface area contributed by atoms with E-state index in [2.05, 4.69) is 5.32 Å². The molecule has 1 rings (SSSR count). The Kier molecular flexibility index (Phi) is 5.71. The summed E-state index contributed by atoms with van der Waals surface area (Å²) >= 11 is 0. The van der Waals surface area contributed by atoms with Crippen molar-refractivity contribution in [2.75, 3.05) is 19.0 Å². The minimum Gasteiger partial charge on any atom is -0.480 e. The van der Waals surface area contributed by atoms with Crippen LogP contribution >= 0.6 is 0 Å². The van der Waals surface area contributed by atoms with Gasteiger partial charge in [-0.25, -0.2) is 4.79 Å². The fourth-order valence-electron chi connectivity index (χ4n) is 1.70. The number of hydrogen-bond donors (Lipinski definition) is 3. The molecule has 0 fully saturated rings. The third-order valence-corrected chi connectivity index (χ3v) is 2.93. The van der Waals surface area contributed by atoms with Crippen molar-refractivity contribution in [1.82, 2.24) is 5.32 Å². The molecule has 114 valence electrons. The van der Waals surface area contributed by atoms with Crippen LogP contribution < -0.4 is 16.0 Å². The molecule has 0 bridgehead atoms. The van der Waals surface area contributed by atoms with Gasteiger partial charge in [0.2, 0.25) is 5.91 Å². The number of carbonyl (C=O) groups excluding carboxylic acids is 2. The predicted octanol–water partition coefficient (Wildman–Crippen LogP) is 0.201. The molecule has 1 aromatic carbocycles. The molecule has 0 aromatic heterocycles. The number of carboxylic acid groups (broad SMARTS) is 1. The van der Waals surface area contributed by atoms with Crippen LogP contribution in [0.3, 0.4) is 0 Å². The number of rotatable bonds is 7. The molecular weight excluding hydrogens is 274 g/mol. The number of nitrogens with zero attached hydrogens (tertiary/aromatic N) is 1. The molecule has 7 nitrogen and oxygen atoms in total. The second kappa shape index (κ2) is 7.28. The maximum absolute atomic E-state index is 12.0. The summed E-state index contributed by atoms with van der Waals surface area (Å²) in [6, 6.07) is 5.59. The van der Waals surface area contributed by atoms with E-state index in [0.717, 1.165) is 5.69 Å². The lowest BCUT2D eigenvalue weighted by Gasteiger charge is -2.15. The number of carbonyl (C=O) groups is 3. The van der Waals surface area contributed by atoms with Crippen LogP contribution in [0.15, 0.2) is 24.3 Å². The summed E-state index contributed by atoms with van der Waals surface area (Å²) in [7, 11) is 3.75. The van der Waals surface area contributed by atoms with Gasteiger partial charge in [-0.05, 0) is 30.7 Å². The molecule has 21 heavy (non-hydrogen) atoms. The summed E-state index contributed by atoms with van der Waals surface area (Å²) in [5, 5.41) is 11.4. The van der Waals surface area contributed by atoms with Gasteiger partial charge in [0.05, 0.1) is 0 Å². The summed E-state index contributed by atoms with van der Waals surface area (Å²) in [5.74, 6) is -2.31. The van der Waals surface area contributed by atoms with Crippen LogP contribution in [-0.4, -0.2) is 43.0 Å². The van der Waals surface area contributed by atoms with Crippen molar-refractivity contribution in [3.63, 3.8) is 0 Å². The minimum atomic E-state index is -1.20. The first-order valence-electron chi connectivity index (χ1n) is 6.40. The van der Waals surface area contributed by atoms with Crippen LogP contribution in [0.4, 0.5) is 5.69 Å². The van der Waals surface area contributed by atoms with Gasteiger partial charge >= 0.3 is 5.97 Å². The molecule has 0 spiro atoms. The normalized spacial score (nSPS) is 11.5. The summed E-state index contributed by atoms with van der Waals surface area (Å²) < 4.78 is 0. The van der Waals surface area contributed by atoms with Crippen molar-refractivity contribution in [3.05, 3.63) is 29.8 Å². The number of aliphatic carboxylic acids is 1. The molecular formula is C14H19N3O4. The number of nitrogens with one attached hydrogen (secondary N) is 1. The zero-order valence-corrected chi connectivity index (χ0v) is 12.0. The van der Waals surface area contributed by atoms with E-state index in [9.17, 15) is 14.4 Å². The first kappa shape index (κ1) is 16.5. The van der Waals surface area contributed by atoms with Crippen LogP contribution in [0, 0.1) is 0 Å². The van der Waals surface area contributed by atoms with Crippen molar-refractivity contribution in [2.24, 2.45) is 5.73 Å². The maximum atomic E-state index is 12.0. The standard InChI is InChI=1S/C14H19N3O4/c1-17(2)10-5-3-9(4-6-10)13(19)16-11(14(20)21)7-8-12(15)18/h3-6,11H,7-8H2,1-2H3,(H2,15,18)(H,16,19)(H,20,21)/t11-/m1/s1. The number of hydrogen-bond acceptors (Lipinski definition) is 4. The van der Waals surface area contributed by atoms with Crippen LogP contribution in [0.2, 0.25) is 0 Å². The molecule has 2 amide bonds. The number of amides is 2. The van der Waals surface area contributed by atoms with Gasteiger partial charge in [0, 0.05) is 31.8 Å². The average molecular weight is 293 g/mol. The SMILES string of the molecule is CN(C)c1ccc(C(=O)N[C@H](CCC(N)=O)C(=O)O)cc1. The Labute approximate surface area is 122 Å². The lowest BCUT2D eigenvalue weighted by atomic mass is 10.1. The fraction of sp³-hybridized carbons (Fsp3) is 0.357. The van der Waals surface area contributed by atoms with Crippen LogP contribution in [0.1, 0.15) is 23.2 Å². The summed E-state index contributed by atoms with van der Waals surface area (Å²) in [4.78, 5) is 35.6. The Bertz CT molecular complexity index is 526. The molecule has 0 aliphatic carbocycles. The summed E-state index contributed by atoms with van der Waals surface area (Å²) in [5.41, 5.74) is 6.26. The van der Waals surface area contributed by atoms with Crippen molar-refractivity contribution < 1.29 is 19.5 Å². The van der Waals surface area contributed by atoms with E-state index in [1.54, 1.807) is 24.3 Å². The maximum Gasteiger partial charge on any atom is 0.326 e. The Hall–Kier alpha value is -2.57. The van der Waals surface area contributed by atoms with E-state index in [1.165, 1.54) is 0 Å². The van der Waals surface area contributed by atoms with E-state index >= 15 is 0 Å². The molecule has 0 saturated carbocycles. The van der Waals surface area contributed by atoms with E-state index in [-0.39, 0.29) is 12.8 Å². The van der Waals surface area contributed by atoms with Crippen LogP contribution in [0.25, 0.3) is 0 Å². The number of nitrogens with two attached hydrogens (primary N) is 1. The lowest BCUT2D eigenvalue weighted by molar-refractivity contribution is -0.139. The third-order valence-electron chi connectivity index (χ3n) is 2.93. The predicted molar refractivity (Wildman–Crippen MR) is 78.1 cm³/mol. The van der Waals surface area contributed by atoms with Gasteiger partial charge in [-0.15, -0.1) is 0 Å². The molecule has 0 heterocycles. The first-order valence-corrected chi connectivity index (χ1v) is 6.40. The Morgan fingerprint density at radius 1 is 1.24 bits per heavy atom. The second-order valence-electron chi connectivity index (χ2n) is 4.81. The monoisotopic (exact) mass is 293 g/mol. The number of anilines is 1. The van der Waals surface area contributed by atoms with E-state index in [1.807, 2.05) is 19.0 Å². The quantitative estimate of drug-likeness (QED) is 0.664. The highest BCUT2D eigenvalue weighted by Crippen LogP contribution is 2.12.